The Morgan fingerprint density at radius 1 is 1.36 bits per heavy atom. The summed E-state index contributed by atoms with van der Waals surface area (Å²) in [5.74, 6) is 0. The number of rotatable bonds is 1. The maximum atomic E-state index is 12.3. The van der Waals surface area contributed by atoms with Gasteiger partial charge in [-0.05, 0) is 12.1 Å². The van der Waals surface area contributed by atoms with Crippen LogP contribution in [0.1, 0.15) is 11.1 Å². The first-order valence-electron chi connectivity index (χ1n) is 3.49. The number of hydrogen-bond acceptors (Lipinski definition) is 2. The summed E-state index contributed by atoms with van der Waals surface area (Å²) in [6, 6.07) is 3.19. The van der Waals surface area contributed by atoms with Crippen LogP contribution in [-0.4, -0.2) is 11.4 Å². The number of benzene rings is 1. The Balaban J connectivity index is 3.30. The van der Waals surface area contributed by atoms with Crippen molar-refractivity contribution >= 4 is 17.8 Å². The maximum absolute atomic E-state index is 12.3. The molecule has 14 heavy (non-hydrogen) atoms. The van der Waals surface area contributed by atoms with Crippen molar-refractivity contribution in [2.24, 2.45) is 5.16 Å². The van der Waals surface area contributed by atoms with Gasteiger partial charge in [-0.15, -0.1) is 0 Å². The molecule has 0 fully saturated rings. The van der Waals surface area contributed by atoms with Gasteiger partial charge in [0.25, 0.3) is 0 Å². The monoisotopic (exact) mass is 223 g/mol. The molecule has 0 aliphatic rings. The van der Waals surface area contributed by atoms with Gasteiger partial charge in [0.1, 0.15) is 0 Å². The minimum absolute atomic E-state index is 0.0209. The fourth-order valence-corrected chi connectivity index (χ4v) is 1.12. The number of hydrogen-bond donors (Lipinski definition) is 1. The summed E-state index contributed by atoms with van der Waals surface area (Å²) < 4.78 is 37.0. The lowest BCUT2D eigenvalue weighted by molar-refractivity contribution is -0.137. The molecule has 0 radical (unpaired) electrons. The Bertz CT molecular complexity index is 362. The van der Waals surface area contributed by atoms with E-state index in [0.717, 1.165) is 12.1 Å². The molecule has 0 saturated heterocycles. The minimum atomic E-state index is -4.51. The summed E-state index contributed by atoms with van der Waals surface area (Å²) in [4.78, 5) is 0. The highest BCUT2D eigenvalue weighted by Gasteiger charge is 2.33. The summed E-state index contributed by atoms with van der Waals surface area (Å²) in [5, 5.41) is 10.7. The largest absolute Gasteiger partial charge is 0.417 e. The summed E-state index contributed by atoms with van der Waals surface area (Å²) in [7, 11) is 0. The molecule has 2 nitrogen and oxygen atoms in total. The Morgan fingerprint density at radius 3 is 2.50 bits per heavy atom. The molecular weight excluding hydrogens is 219 g/mol. The van der Waals surface area contributed by atoms with Crippen molar-refractivity contribution in [2.75, 3.05) is 0 Å². The highest BCUT2D eigenvalue weighted by atomic mass is 35.5. The first-order chi connectivity index (χ1) is 6.45. The van der Waals surface area contributed by atoms with Gasteiger partial charge in [-0.3, -0.25) is 0 Å². The zero-order valence-corrected chi connectivity index (χ0v) is 7.47. The third kappa shape index (κ3) is 2.38. The second-order valence-corrected chi connectivity index (χ2v) is 2.91. The minimum Gasteiger partial charge on any atom is -0.411 e. The standard InChI is InChI=1S/C8H5ClF3NO/c9-6-2-1-5(4-13-14)7(3-6)8(10,11)12/h1-4,14H. The lowest BCUT2D eigenvalue weighted by Crippen LogP contribution is -2.08. The quantitative estimate of drug-likeness (QED) is 0.443. The molecule has 0 atom stereocenters. The number of alkyl halides is 3. The van der Waals surface area contributed by atoms with Gasteiger partial charge in [0.15, 0.2) is 0 Å². The Kier molecular flexibility index (Phi) is 3.00. The van der Waals surface area contributed by atoms with Crippen molar-refractivity contribution in [1.29, 1.82) is 0 Å². The number of halogens is 4. The van der Waals surface area contributed by atoms with Crippen LogP contribution < -0.4 is 0 Å². The number of nitrogens with zero attached hydrogens (tertiary/aromatic N) is 1. The Labute approximate surface area is 82.6 Å². The molecule has 0 heterocycles. The summed E-state index contributed by atoms with van der Waals surface area (Å²) in [6.45, 7) is 0. The van der Waals surface area contributed by atoms with Crippen molar-refractivity contribution in [3.05, 3.63) is 34.3 Å². The topological polar surface area (TPSA) is 32.6 Å². The van der Waals surface area contributed by atoms with Crippen LogP contribution in [0.15, 0.2) is 23.4 Å². The van der Waals surface area contributed by atoms with E-state index in [0.29, 0.717) is 6.21 Å². The summed E-state index contributed by atoms with van der Waals surface area (Å²) in [6.07, 6.45) is -3.80. The van der Waals surface area contributed by atoms with Crippen LogP contribution in [0, 0.1) is 0 Å². The van der Waals surface area contributed by atoms with E-state index in [2.05, 4.69) is 5.16 Å². The second kappa shape index (κ2) is 3.88. The molecule has 0 unspecified atom stereocenters. The van der Waals surface area contributed by atoms with Gasteiger partial charge < -0.3 is 5.21 Å². The highest BCUT2D eigenvalue weighted by Crippen LogP contribution is 2.33. The van der Waals surface area contributed by atoms with Crippen LogP contribution in [-0.2, 0) is 6.18 Å². The number of oxime groups is 1. The van der Waals surface area contributed by atoms with Gasteiger partial charge in [0.05, 0.1) is 11.8 Å². The third-order valence-corrected chi connectivity index (χ3v) is 1.75. The third-order valence-electron chi connectivity index (χ3n) is 1.52. The average molecular weight is 224 g/mol. The molecule has 0 aromatic heterocycles. The first-order valence-corrected chi connectivity index (χ1v) is 3.87. The van der Waals surface area contributed by atoms with Crippen LogP contribution in [0.25, 0.3) is 0 Å². The molecule has 1 aromatic rings. The molecule has 1 N–H and O–H groups in total. The molecular formula is C8H5ClF3NO. The van der Waals surface area contributed by atoms with Crippen LogP contribution in [0.3, 0.4) is 0 Å². The zero-order chi connectivity index (χ0) is 10.8. The highest BCUT2D eigenvalue weighted by molar-refractivity contribution is 6.30. The predicted molar refractivity (Wildman–Crippen MR) is 45.8 cm³/mol. The summed E-state index contributed by atoms with van der Waals surface area (Å²) in [5.41, 5.74) is -1.16. The molecule has 1 rings (SSSR count). The molecule has 0 aliphatic carbocycles. The van der Waals surface area contributed by atoms with Crippen LogP contribution in [0.5, 0.6) is 0 Å². The predicted octanol–water partition coefficient (Wildman–Crippen LogP) is 3.17. The van der Waals surface area contributed by atoms with Gasteiger partial charge >= 0.3 is 6.18 Å². The van der Waals surface area contributed by atoms with E-state index in [4.69, 9.17) is 16.8 Å². The maximum Gasteiger partial charge on any atom is 0.417 e. The SMILES string of the molecule is ON=Cc1ccc(Cl)cc1C(F)(F)F. The van der Waals surface area contributed by atoms with Crippen LogP contribution >= 0.6 is 11.6 Å². The Morgan fingerprint density at radius 2 is 2.00 bits per heavy atom. The molecule has 0 aliphatic heterocycles. The van der Waals surface area contributed by atoms with E-state index in [9.17, 15) is 13.2 Å². The average Bonchev–Trinajstić information content (AvgIpc) is 2.07. The van der Waals surface area contributed by atoms with Crippen molar-refractivity contribution in [1.82, 2.24) is 0 Å². The lowest BCUT2D eigenvalue weighted by atomic mass is 10.1. The molecule has 1 aromatic carbocycles. The molecule has 0 amide bonds. The van der Waals surface area contributed by atoms with Crippen LogP contribution in [0.2, 0.25) is 5.02 Å². The van der Waals surface area contributed by atoms with Crippen molar-refractivity contribution < 1.29 is 18.4 Å². The molecule has 0 bridgehead atoms. The van der Waals surface area contributed by atoms with Crippen molar-refractivity contribution in [3.63, 3.8) is 0 Å². The second-order valence-electron chi connectivity index (χ2n) is 2.47. The van der Waals surface area contributed by atoms with Crippen molar-refractivity contribution in [3.8, 4) is 0 Å². The Hall–Kier alpha value is -1.23. The van der Waals surface area contributed by atoms with Gasteiger partial charge in [-0.2, -0.15) is 13.2 Å². The smallest absolute Gasteiger partial charge is 0.411 e. The van der Waals surface area contributed by atoms with E-state index in [1.165, 1.54) is 6.07 Å². The van der Waals surface area contributed by atoms with Crippen molar-refractivity contribution in [2.45, 2.75) is 6.18 Å². The van der Waals surface area contributed by atoms with E-state index >= 15 is 0 Å². The molecule has 76 valence electrons. The van der Waals surface area contributed by atoms with Gasteiger partial charge in [-0.25, -0.2) is 0 Å². The fraction of sp³-hybridized carbons (Fsp3) is 0.125. The normalized spacial score (nSPS) is 12.3. The van der Waals surface area contributed by atoms with Crippen LogP contribution in [0.4, 0.5) is 13.2 Å². The molecule has 6 heteroatoms. The summed E-state index contributed by atoms with van der Waals surface area (Å²) >= 11 is 5.42. The zero-order valence-electron chi connectivity index (χ0n) is 6.72. The van der Waals surface area contributed by atoms with E-state index in [1.54, 1.807) is 0 Å². The molecule has 0 saturated carbocycles. The van der Waals surface area contributed by atoms with Gasteiger partial charge in [-0.1, -0.05) is 22.8 Å². The lowest BCUT2D eigenvalue weighted by Gasteiger charge is -2.09. The first kappa shape index (κ1) is 10.8. The van der Waals surface area contributed by atoms with E-state index < -0.39 is 11.7 Å². The van der Waals surface area contributed by atoms with Gasteiger partial charge in [0, 0.05) is 10.6 Å². The molecule has 0 spiro atoms. The van der Waals surface area contributed by atoms with E-state index in [-0.39, 0.29) is 10.6 Å². The van der Waals surface area contributed by atoms with Gasteiger partial charge in [0.2, 0.25) is 0 Å². The fourth-order valence-electron chi connectivity index (χ4n) is 0.949. The van der Waals surface area contributed by atoms with E-state index in [1.807, 2.05) is 0 Å².